The number of rotatable bonds is 6. The van der Waals surface area contributed by atoms with Crippen molar-refractivity contribution in [1.29, 1.82) is 0 Å². The second-order valence-electron chi connectivity index (χ2n) is 9.54. The van der Waals surface area contributed by atoms with E-state index >= 15 is 4.39 Å². The Bertz CT molecular complexity index is 1650. The standard InChI is InChI=1S/C30H30FN5O3/c1-7-24(22-15-33-28(30(39)35(6)16-22)26-9-8-20(17-37)14-32-26)18(2)19(3)36-11-10-21-12-23(34(4)5)13-25(31)27(21)29(36)38/h7-17,28H,1-6H3/b19-18+,24-7+. The number of aldehydes is 1. The molecular weight excluding hydrogens is 497 g/mol. The van der Waals surface area contributed by atoms with Crippen molar-refractivity contribution in [2.45, 2.75) is 26.8 Å². The quantitative estimate of drug-likeness (QED) is 0.340. The van der Waals surface area contributed by atoms with Crippen LogP contribution in [0.25, 0.3) is 16.5 Å². The number of carbonyl (C=O) groups excluding carboxylic acids is 2. The van der Waals surface area contributed by atoms with Gasteiger partial charge in [-0.2, -0.15) is 0 Å². The minimum absolute atomic E-state index is 0.0220. The fourth-order valence-electron chi connectivity index (χ4n) is 4.52. The molecule has 0 N–H and O–H groups in total. The molecule has 200 valence electrons. The molecule has 3 heterocycles. The first kappa shape index (κ1) is 27.4. The molecule has 4 rings (SSSR count). The van der Waals surface area contributed by atoms with Crippen LogP contribution >= 0.6 is 0 Å². The molecule has 2 aromatic heterocycles. The van der Waals surface area contributed by atoms with Crippen LogP contribution in [0.4, 0.5) is 10.1 Å². The summed E-state index contributed by atoms with van der Waals surface area (Å²) in [6.07, 6.45) is 8.91. The van der Waals surface area contributed by atoms with Gasteiger partial charge in [0.2, 0.25) is 0 Å². The molecule has 0 spiro atoms. The number of amides is 1. The third-order valence-corrected chi connectivity index (χ3v) is 6.87. The molecule has 1 unspecified atom stereocenters. The van der Waals surface area contributed by atoms with Crippen molar-refractivity contribution >= 4 is 40.6 Å². The Morgan fingerprint density at radius 1 is 1.13 bits per heavy atom. The van der Waals surface area contributed by atoms with Crippen LogP contribution in [0.15, 0.2) is 81.5 Å². The molecule has 0 saturated carbocycles. The van der Waals surface area contributed by atoms with Crippen molar-refractivity contribution in [1.82, 2.24) is 14.5 Å². The number of allylic oxidation sites excluding steroid dienone is 5. The van der Waals surface area contributed by atoms with Crippen molar-refractivity contribution in [3.8, 4) is 0 Å². The van der Waals surface area contributed by atoms with Crippen LogP contribution in [-0.4, -0.2) is 54.0 Å². The molecule has 39 heavy (non-hydrogen) atoms. The van der Waals surface area contributed by atoms with Crippen molar-refractivity contribution in [3.63, 3.8) is 0 Å². The zero-order valence-electron chi connectivity index (χ0n) is 22.8. The minimum atomic E-state index is -0.869. The summed E-state index contributed by atoms with van der Waals surface area (Å²) in [5.74, 6) is -0.855. The Hall–Kier alpha value is -4.66. The van der Waals surface area contributed by atoms with E-state index in [2.05, 4.69) is 9.98 Å². The van der Waals surface area contributed by atoms with Gasteiger partial charge in [-0.1, -0.05) is 6.08 Å². The maximum Gasteiger partial charge on any atom is 0.265 e. The molecule has 0 fully saturated rings. The number of likely N-dealkylation sites (N-methyl/N-ethyl adjacent to an activating group) is 1. The average Bonchev–Trinajstić information content (AvgIpc) is 3.06. The molecule has 1 aliphatic rings. The summed E-state index contributed by atoms with van der Waals surface area (Å²) in [4.78, 5) is 49.4. The van der Waals surface area contributed by atoms with Crippen LogP contribution in [0.2, 0.25) is 0 Å². The van der Waals surface area contributed by atoms with E-state index in [1.807, 2.05) is 34.0 Å². The first-order valence-electron chi connectivity index (χ1n) is 12.4. The highest BCUT2D eigenvalue weighted by molar-refractivity contribution is 5.95. The van der Waals surface area contributed by atoms with Gasteiger partial charge in [0, 0.05) is 68.5 Å². The lowest BCUT2D eigenvalue weighted by Crippen LogP contribution is -2.26. The predicted molar refractivity (Wildman–Crippen MR) is 153 cm³/mol. The number of aromatic nitrogens is 2. The summed E-state index contributed by atoms with van der Waals surface area (Å²) in [6, 6.07) is 7.20. The number of carbonyl (C=O) groups is 2. The van der Waals surface area contributed by atoms with E-state index in [1.165, 1.54) is 21.7 Å². The topological polar surface area (TPSA) is 87.9 Å². The molecule has 1 aliphatic heterocycles. The van der Waals surface area contributed by atoms with Crippen molar-refractivity contribution in [2.75, 3.05) is 26.0 Å². The number of fused-ring (bicyclic) bond motifs is 1. The molecule has 0 bridgehead atoms. The Morgan fingerprint density at radius 3 is 2.49 bits per heavy atom. The normalized spacial score (nSPS) is 16.6. The summed E-state index contributed by atoms with van der Waals surface area (Å²) in [7, 11) is 5.27. The molecule has 9 heteroatoms. The van der Waals surface area contributed by atoms with Crippen LogP contribution < -0.4 is 10.5 Å². The highest BCUT2D eigenvalue weighted by Gasteiger charge is 2.26. The van der Waals surface area contributed by atoms with Gasteiger partial charge in [0.25, 0.3) is 11.5 Å². The number of pyridine rings is 2. The number of aliphatic imine (C=N–C) groups is 1. The van der Waals surface area contributed by atoms with Crippen molar-refractivity contribution < 1.29 is 14.0 Å². The third kappa shape index (κ3) is 5.20. The van der Waals surface area contributed by atoms with Crippen LogP contribution in [0, 0.1) is 5.82 Å². The van der Waals surface area contributed by atoms with Gasteiger partial charge in [0.15, 0.2) is 12.3 Å². The molecular formula is C30H30FN5O3. The van der Waals surface area contributed by atoms with Gasteiger partial charge >= 0.3 is 0 Å². The van der Waals surface area contributed by atoms with Crippen molar-refractivity contribution in [3.05, 3.63) is 99.1 Å². The molecule has 3 aromatic rings. The Labute approximate surface area is 226 Å². The average molecular weight is 528 g/mol. The van der Waals surface area contributed by atoms with E-state index in [4.69, 9.17) is 0 Å². The maximum atomic E-state index is 15.0. The summed E-state index contributed by atoms with van der Waals surface area (Å²) in [6.45, 7) is 5.52. The smallest absolute Gasteiger partial charge is 0.265 e. The van der Waals surface area contributed by atoms with Gasteiger partial charge in [-0.25, -0.2) is 4.39 Å². The fraction of sp³-hybridized carbons (Fsp3) is 0.233. The lowest BCUT2D eigenvalue weighted by atomic mass is 9.98. The number of hydrogen-bond acceptors (Lipinski definition) is 6. The van der Waals surface area contributed by atoms with Gasteiger partial charge in [-0.05, 0) is 67.6 Å². The van der Waals surface area contributed by atoms with E-state index in [1.54, 1.807) is 61.7 Å². The number of nitrogens with zero attached hydrogens (tertiary/aromatic N) is 5. The molecule has 0 radical (unpaired) electrons. The Morgan fingerprint density at radius 2 is 1.87 bits per heavy atom. The lowest BCUT2D eigenvalue weighted by Gasteiger charge is -2.18. The number of halogens is 1. The predicted octanol–water partition coefficient (Wildman–Crippen LogP) is 4.78. The van der Waals surface area contributed by atoms with Crippen LogP contribution in [-0.2, 0) is 4.79 Å². The molecule has 0 saturated heterocycles. The zero-order chi connectivity index (χ0) is 28.4. The SMILES string of the molecule is C/C=C(C1=CN(C)C(=O)C(c2ccc(C=O)cn2)N=C1)\C(C)=C(/C)n1ccc2cc(N(C)C)cc(F)c2c1=O. The van der Waals surface area contributed by atoms with Gasteiger partial charge < -0.3 is 9.80 Å². The third-order valence-electron chi connectivity index (χ3n) is 6.87. The monoisotopic (exact) mass is 527 g/mol. The fourth-order valence-corrected chi connectivity index (χ4v) is 4.52. The van der Waals surface area contributed by atoms with Crippen LogP contribution in [0.3, 0.4) is 0 Å². The van der Waals surface area contributed by atoms with Gasteiger partial charge in [-0.3, -0.25) is 28.9 Å². The second kappa shape index (κ2) is 11.0. The van der Waals surface area contributed by atoms with Crippen LogP contribution in [0.1, 0.15) is 42.9 Å². The van der Waals surface area contributed by atoms with Gasteiger partial charge in [0.1, 0.15) is 5.82 Å². The Balaban J connectivity index is 1.75. The second-order valence-corrected chi connectivity index (χ2v) is 9.54. The minimum Gasteiger partial charge on any atom is -0.378 e. The number of anilines is 1. The molecule has 8 nitrogen and oxygen atoms in total. The highest BCUT2D eigenvalue weighted by Crippen LogP contribution is 2.29. The van der Waals surface area contributed by atoms with Crippen molar-refractivity contribution in [2.24, 2.45) is 4.99 Å². The summed E-state index contributed by atoms with van der Waals surface area (Å²) in [5, 5.41) is 0.546. The van der Waals surface area contributed by atoms with E-state index in [0.717, 1.165) is 11.1 Å². The molecule has 1 aromatic carbocycles. The number of benzene rings is 1. The highest BCUT2D eigenvalue weighted by atomic mass is 19.1. The summed E-state index contributed by atoms with van der Waals surface area (Å²) >= 11 is 0. The van der Waals surface area contributed by atoms with Gasteiger partial charge in [0.05, 0.1) is 11.1 Å². The molecule has 1 amide bonds. The van der Waals surface area contributed by atoms with E-state index in [0.29, 0.717) is 39.9 Å². The summed E-state index contributed by atoms with van der Waals surface area (Å²) < 4.78 is 16.5. The van der Waals surface area contributed by atoms with Gasteiger partial charge in [-0.15, -0.1) is 0 Å². The first-order valence-corrected chi connectivity index (χ1v) is 12.4. The first-order chi connectivity index (χ1) is 18.6. The van der Waals surface area contributed by atoms with E-state index in [-0.39, 0.29) is 11.3 Å². The summed E-state index contributed by atoms with van der Waals surface area (Å²) in [5.41, 5.74) is 3.84. The van der Waals surface area contributed by atoms with E-state index in [9.17, 15) is 14.4 Å². The number of hydrogen-bond donors (Lipinski definition) is 0. The Kier molecular flexibility index (Phi) is 7.71. The molecule has 1 atom stereocenters. The largest absolute Gasteiger partial charge is 0.378 e. The lowest BCUT2D eigenvalue weighted by molar-refractivity contribution is -0.128. The zero-order valence-corrected chi connectivity index (χ0v) is 22.8. The van der Waals surface area contributed by atoms with Crippen LogP contribution in [0.5, 0.6) is 0 Å². The van der Waals surface area contributed by atoms with E-state index < -0.39 is 17.4 Å². The maximum absolute atomic E-state index is 15.0. The molecule has 0 aliphatic carbocycles.